The Morgan fingerprint density at radius 2 is 2.09 bits per heavy atom. The average Bonchev–Trinajstić information content (AvgIpc) is 2.22. The SMILES string of the molecule is Cc1csc(N)[n+]1C.Cl[I-]Cl. The van der Waals surface area contributed by atoms with E-state index >= 15 is 0 Å². The van der Waals surface area contributed by atoms with Crippen molar-refractivity contribution >= 4 is 34.3 Å². The first-order chi connectivity index (χ1) is 5.13. The van der Waals surface area contributed by atoms with Crippen LogP contribution >= 0.6 is 29.2 Å². The van der Waals surface area contributed by atoms with Gasteiger partial charge in [-0.2, -0.15) is 0 Å². The van der Waals surface area contributed by atoms with Crippen molar-refractivity contribution in [3.05, 3.63) is 11.1 Å². The summed E-state index contributed by atoms with van der Waals surface area (Å²) in [5.41, 5.74) is 6.74. The van der Waals surface area contributed by atoms with Crippen molar-refractivity contribution in [1.29, 1.82) is 0 Å². The molecule has 66 valence electrons. The zero-order valence-corrected chi connectivity index (χ0v) is 10.6. The molecule has 0 spiro atoms. The molecule has 1 rings (SSSR count). The summed E-state index contributed by atoms with van der Waals surface area (Å²) in [6.07, 6.45) is 0. The number of anilines is 1. The number of aromatic nitrogens is 1. The maximum absolute atomic E-state index is 5.52. The topological polar surface area (TPSA) is 29.9 Å². The van der Waals surface area contributed by atoms with Crippen molar-refractivity contribution < 1.29 is 23.5 Å². The second-order valence-corrected chi connectivity index (χ2v) is 5.92. The fourth-order valence-electron chi connectivity index (χ4n) is 0.478. The number of hydrogen-bond donors (Lipinski definition) is 1. The number of hydrogen-bond acceptors (Lipinski definition) is 2. The van der Waals surface area contributed by atoms with Crippen LogP contribution in [0.3, 0.4) is 0 Å². The quantitative estimate of drug-likeness (QED) is 0.473. The van der Waals surface area contributed by atoms with E-state index in [9.17, 15) is 0 Å². The third kappa shape index (κ3) is 4.35. The van der Waals surface area contributed by atoms with E-state index in [-0.39, 0.29) is 0 Å². The number of rotatable bonds is 0. The van der Waals surface area contributed by atoms with E-state index < -0.39 is 18.9 Å². The summed E-state index contributed by atoms with van der Waals surface area (Å²) in [5.74, 6) is 0. The molecule has 0 bridgehead atoms. The second kappa shape index (κ2) is 6.28. The van der Waals surface area contributed by atoms with Crippen LogP contribution < -0.4 is 29.2 Å². The minimum atomic E-state index is -0.466. The molecule has 11 heavy (non-hydrogen) atoms. The van der Waals surface area contributed by atoms with Gasteiger partial charge in [-0.25, -0.2) is 4.57 Å². The molecule has 0 radical (unpaired) electrons. The molecule has 2 N–H and O–H groups in total. The molecule has 0 amide bonds. The molecular formula is C5H9Cl2IN2S. The third-order valence-corrected chi connectivity index (χ3v) is 2.18. The van der Waals surface area contributed by atoms with Crippen LogP contribution in [0, 0.1) is 6.92 Å². The minimum absolute atomic E-state index is 0.466. The van der Waals surface area contributed by atoms with Crippen LogP contribution in [0.15, 0.2) is 5.38 Å². The van der Waals surface area contributed by atoms with Crippen LogP contribution in [0.1, 0.15) is 5.69 Å². The molecule has 0 aliphatic rings. The Morgan fingerprint density at radius 1 is 1.64 bits per heavy atom. The van der Waals surface area contributed by atoms with Gasteiger partial charge in [0, 0.05) is 5.38 Å². The maximum atomic E-state index is 5.52. The standard InChI is InChI=1S/C5H8N2S.Cl2I/c1-4-3-8-5(6)7(4)2;1-3-2/h3,6H,1-2H3;/q;-1/p+1. The van der Waals surface area contributed by atoms with E-state index in [1.165, 1.54) is 5.69 Å². The van der Waals surface area contributed by atoms with Crippen molar-refractivity contribution in [2.24, 2.45) is 7.05 Å². The second-order valence-electron chi connectivity index (χ2n) is 1.83. The summed E-state index contributed by atoms with van der Waals surface area (Å²) in [4.78, 5) is 0. The van der Waals surface area contributed by atoms with E-state index in [1.54, 1.807) is 11.3 Å². The van der Waals surface area contributed by atoms with Crippen LogP contribution in [0.2, 0.25) is 0 Å². The van der Waals surface area contributed by atoms with Crippen molar-refractivity contribution in [3.8, 4) is 0 Å². The van der Waals surface area contributed by atoms with Gasteiger partial charge >= 0.3 is 41.9 Å². The number of nitrogens with zero attached hydrogens (tertiary/aromatic N) is 1. The molecule has 6 heteroatoms. The molecule has 1 heterocycles. The Bertz CT molecular complexity index is 197. The third-order valence-electron chi connectivity index (χ3n) is 1.21. The van der Waals surface area contributed by atoms with Crippen molar-refractivity contribution in [1.82, 2.24) is 0 Å². The summed E-state index contributed by atoms with van der Waals surface area (Å²) in [5, 5.41) is 2.90. The number of halogens is 3. The van der Waals surface area contributed by atoms with Crippen LogP contribution in [0.4, 0.5) is 5.13 Å². The molecule has 0 saturated heterocycles. The summed E-state index contributed by atoms with van der Waals surface area (Å²) >= 11 is 1.11. The van der Waals surface area contributed by atoms with Gasteiger partial charge in [-0.3, -0.25) is 5.73 Å². The monoisotopic (exact) mass is 326 g/mol. The molecule has 0 fully saturated rings. The first-order valence-corrected chi connectivity index (χ1v) is 9.04. The van der Waals surface area contributed by atoms with Gasteiger partial charge in [-0.05, 0) is 6.92 Å². The zero-order chi connectivity index (χ0) is 8.85. The van der Waals surface area contributed by atoms with Crippen LogP contribution in [-0.2, 0) is 7.05 Å². The van der Waals surface area contributed by atoms with Crippen molar-refractivity contribution in [2.45, 2.75) is 6.92 Å². The Kier molecular flexibility index (Phi) is 6.70. The van der Waals surface area contributed by atoms with Gasteiger partial charge in [0.1, 0.15) is 5.69 Å². The van der Waals surface area contributed by atoms with Gasteiger partial charge < -0.3 is 0 Å². The number of thiazole rings is 1. The Morgan fingerprint density at radius 3 is 2.18 bits per heavy atom. The van der Waals surface area contributed by atoms with E-state index in [0.717, 1.165) is 5.13 Å². The fraction of sp³-hybridized carbons (Fsp3) is 0.400. The predicted molar refractivity (Wildman–Crippen MR) is 46.4 cm³/mol. The van der Waals surface area contributed by atoms with E-state index in [2.05, 4.69) is 0 Å². The van der Waals surface area contributed by atoms with Crippen LogP contribution in [0.5, 0.6) is 0 Å². The van der Waals surface area contributed by atoms with Gasteiger partial charge in [0.25, 0.3) is 0 Å². The van der Waals surface area contributed by atoms with Crippen molar-refractivity contribution in [2.75, 3.05) is 5.73 Å². The summed E-state index contributed by atoms with van der Waals surface area (Å²) in [7, 11) is 11.7. The molecule has 0 aromatic carbocycles. The summed E-state index contributed by atoms with van der Waals surface area (Å²) in [6, 6.07) is 0. The van der Waals surface area contributed by atoms with Gasteiger partial charge in [-0.1, -0.05) is 11.3 Å². The summed E-state index contributed by atoms with van der Waals surface area (Å²) in [6.45, 7) is 2.03. The van der Waals surface area contributed by atoms with Crippen LogP contribution in [-0.4, -0.2) is 0 Å². The number of aryl methyl sites for hydroxylation is 1. The van der Waals surface area contributed by atoms with Crippen molar-refractivity contribution in [3.63, 3.8) is 0 Å². The first-order valence-electron chi connectivity index (χ1n) is 2.70. The molecule has 2 nitrogen and oxygen atoms in total. The first kappa shape index (κ1) is 11.7. The number of nitrogen functional groups attached to an aromatic ring is 1. The molecule has 0 unspecified atom stereocenters. The molecular weight excluding hydrogens is 318 g/mol. The fourth-order valence-corrected chi connectivity index (χ4v) is 1.23. The van der Waals surface area contributed by atoms with E-state index in [4.69, 9.17) is 23.6 Å². The molecule has 1 aromatic heterocycles. The van der Waals surface area contributed by atoms with E-state index in [1.807, 2.05) is 23.9 Å². The van der Waals surface area contributed by atoms with Gasteiger partial charge in [0.05, 0.1) is 7.05 Å². The van der Waals surface area contributed by atoms with Gasteiger partial charge in [-0.15, -0.1) is 0 Å². The average molecular weight is 327 g/mol. The molecule has 1 aromatic rings. The van der Waals surface area contributed by atoms with Crippen LogP contribution in [0.25, 0.3) is 0 Å². The molecule has 0 atom stereocenters. The van der Waals surface area contributed by atoms with E-state index in [0.29, 0.717) is 0 Å². The molecule has 0 aliphatic carbocycles. The molecule has 0 saturated carbocycles. The van der Waals surface area contributed by atoms with Gasteiger partial charge in [0.15, 0.2) is 0 Å². The normalized spacial score (nSPS) is 9.09. The Labute approximate surface area is 88.0 Å². The Hall–Kier alpha value is 0.740. The van der Waals surface area contributed by atoms with Gasteiger partial charge in [0.2, 0.25) is 0 Å². The Balaban J connectivity index is 0.000000292. The predicted octanol–water partition coefficient (Wildman–Crippen LogP) is -1.15. The molecule has 0 aliphatic heterocycles. The summed E-state index contributed by atoms with van der Waals surface area (Å²) < 4.78 is 1.96. The number of nitrogens with two attached hydrogens (primary N) is 1. The zero-order valence-electron chi connectivity index (χ0n) is 6.14.